The zero-order valence-corrected chi connectivity index (χ0v) is 15.8. The van der Waals surface area contributed by atoms with E-state index in [-0.39, 0.29) is 11.2 Å². The summed E-state index contributed by atoms with van der Waals surface area (Å²) in [6.45, 7) is 6.64. The van der Waals surface area contributed by atoms with Gasteiger partial charge in [-0.1, -0.05) is 29.5 Å². The number of pyridine rings is 1. The van der Waals surface area contributed by atoms with Gasteiger partial charge in [0.1, 0.15) is 0 Å². The maximum absolute atomic E-state index is 12.5. The third-order valence-electron chi connectivity index (χ3n) is 3.94. The molecule has 134 valence electrons. The van der Waals surface area contributed by atoms with Crippen LogP contribution in [0.1, 0.15) is 19.4 Å². The standard InChI is InChI=1S/C19H21N5OS/c1-4-24-17(15-9-11-20-12-10-15)22-23-19(24)26-14(3)18(25)21-16-7-5-13(2)6-8-16/h5-12,14H,4H2,1-3H3,(H,21,25)/t14-/m0/s1. The molecule has 0 saturated heterocycles. The molecule has 3 aromatic rings. The van der Waals surface area contributed by atoms with Crippen molar-refractivity contribution >= 4 is 23.4 Å². The SMILES string of the molecule is CCn1c(S[C@@H](C)C(=O)Nc2ccc(C)cc2)nnc1-c1ccncc1. The summed E-state index contributed by atoms with van der Waals surface area (Å²) in [4.78, 5) is 16.5. The van der Waals surface area contributed by atoms with Crippen molar-refractivity contribution in [2.45, 2.75) is 37.7 Å². The third-order valence-corrected chi connectivity index (χ3v) is 5.02. The van der Waals surface area contributed by atoms with E-state index in [1.165, 1.54) is 11.8 Å². The van der Waals surface area contributed by atoms with Crippen molar-refractivity contribution in [1.29, 1.82) is 0 Å². The number of thioether (sulfide) groups is 1. The van der Waals surface area contributed by atoms with Crippen molar-refractivity contribution in [3.05, 3.63) is 54.4 Å². The lowest BCUT2D eigenvalue weighted by molar-refractivity contribution is -0.115. The Bertz CT molecular complexity index is 877. The van der Waals surface area contributed by atoms with Crippen LogP contribution in [0.25, 0.3) is 11.4 Å². The van der Waals surface area contributed by atoms with E-state index in [1.54, 1.807) is 12.4 Å². The number of nitrogens with one attached hydrogen (secondary N) is 1. The molecule has 1 N–H and O–H groups in total. The number of hydrogen-bond donors (Lipinski definition) is 1. The number of hydrogen-bond acceptors (Lipinski definition) is 5. The van der Waals surface area contributed by atoms with Gasteiger partial charge in [0.05, 0.1) is 5.25 Å². The van der Waals surface area contributed by atoms with Crippen molar-refractivity contribution in [2.75, 3.05) is 5.32 Å². The first-order chi connectivity index (χ1) is 12.6. The van der Waals surface area contributed by atoms with Crippen molar-refractivity contribution < 1.29 is 4.79 Å². The largest absolute Gasteiger partial charge is 0.325 e. The number of aryl methyl sites for hydroxylation is 1. The molecule has 1 amide bonds. The van der Waals surface area contributed by atoms with Gasteiger partial charge in [0.2, 0.25) is 5.91 Å². The number of aromatic nitrogens is 4. The fourth-order valence-electron chi connectivity index (χ4n) is 2.47. The predicted molar refractivity (Wildman–Crippen MR) is 104 cm³/mol. The van der Waals surface area contributed by atoms with Crippen LogP contribution in [-0.2, 0) is 11.3 Å². The predicted octanol–water partition coefficient (Wildman–Crippen LogP) is 3.79. The number of amides is 1. The molecule has 0 saturated carbocycles. The average Bonchev–Trinajstić information content (AvgIpc) is 3.06. The fourth-order valence-corrected chi connectivity index (χ4v) is 3.38. The van der Waals surface area contributed by atoms with Gasteiger partial charge in [0, 0.05) is 30.2 Å². The molecular formula is C19H21N5OS. The molecule has 0 aliphatic heterocycles. The second kappa shape index (κ2) is 8.14. The second-order valence-electron chi connectivity index (χ2n) is 5.90. The smallest absolute Gasteiger partial charge is 0.237 e. The Balaban J connectivity index is 1.73. The lowest BCUT2D eigenvalue weighted by Gasteiger charge is -2.13. The molecule has 0 aliphatic rings. The highest BCUT2D eigenvalue weighted by molar-refractivity contribution is 8.00. The van der Waals surface area contributed by atoms with Crippen molar-refractivity contribution in [1.82, 2.24) is 19.7 Å². The fraction of sp³-hybridized carbons (Fsp3) is 0.263. The number of carbonyl (C=O) groups is 1. The summed E-state index contributed by atoms with van der Waals surface area (Å²) in [5, 5.41) is 11.9. The van der Waals surface area contributed by atoms with Crippen LogP contribution in [0.15, 0.2) is 53.9 Å². The van der Waals surface area contributed by atoms with Crippen LogP contribution in [0.5, 0.6) is 0 Å². The lowest BCUT2D eigenvalue weighted by atomic mass is 10.2. The van der Waals surface area contributed by atoms with Crippen LogP contribution in [0.4, 0.5) is 5.69 Å². The Labute approximate surface area is 157 Å². The topological polar surface area (TPSA) is 72.7 Å². The first-order valence-electron chi connectivity index (χ1n) is 8.46. The van der Waals surface area contributed by atoms with Gasteiger partial charge in [-0.05, 0) is 45.0 Å². The van der Waals surface area contributed by atoms with Gasteiger partial charge in [0.25, 0.3) is 0 Å². The Hall–Kier alpha value is -2.67. The minimum absolute atomic E-state index is 0.0602. The third kappa shape index (κ3) is 4.11. The molecular weight excluding hydrogens is 346 g/mol. The van der Waals surface area contributed by atoms with Gasteiger partial charge < -0.3 is 9.88 Å². The minimum Gasteiger partial charge on any atom is -0.325 e. The van der Waals surface area contributed by atoms with Crippen molar-refractivity contribution in [2.24, 2.45) is 0 Å². The van der Waals surface area contributed by atoms with E-state index < -0.39 is 0 Å². The van der Waals surface area contributed by atoms with E-state index in [0.29, 0.717) is 0 Å². The van der Waals surface area contributed by atoms with Crippen LogP contribution in [0.3, 0.4) is 0 Å². The highest BCUT2D eigenvalue weighted by Gasteiger charge is 2.20. The molecule has 0 radical (unpaired) electrons. The normalized spacial score (nSPS) is 12.0. The van der Waals surface area contributed by atoms with E-state index in [2.05, 4.69) is 20.5 Å². The number of benzene rings is 1. The van der Waals surface area contributed by atoms with Crippen molar-refractivity contribution in [3.8, 4) is 11.4 Å². The molecule has 2 heterocycles. The maximum atomic E-state index is 12.5. The van der Waals surface area contributed by atoms with E-state index in [0.717, 1.165) is 34.3 Å². The Morgan fingerprint density at radius 1 is 1.15 bits per heavy atom. The summed E-state index contributed by atoms with van der Waals surface area (Å²) in [5.74, 6) is 0.721. The molecule has 26 heavy (non-hydrogen) atoms. The summed E-state index contributed by atoms with van der Waals surface area (Å²) < 4.78 is 2.01. The molecule has 0 aliphatic carbocycles. The van der Waals surface area contributed by atoms with E-state index in [9.17, 15) is 4.79 Å². The molecule has 6 nitrogen and oxygen atoms in total. The Morgan fingerprint density at radius 2 is 1.85 bits per heavy atom. The first-order valence-corrected chi connectivity index (χ1v) is 9.34. The quantitative estimate of drug-likeness (QED) is 0.671. The molecule has 0 fully saturated rings. The second-order valence-corrected chi connectivity index (χ2v) is 7.21. The average molecular weight is 367 g/mol. The van der Waals surface area contributed by atoms with Crippen LogP contribution in [0.2, 0.25) is 0 Å². The Morgan fingerprint density at radius 3 is 2.50 bits per heavy atom. The van der Waals surface area contributed by atoms with E-state index >= 15 is 0 Å². The summed E-state index contributed by atoms with van der Waals surface area (Å²) >= 11 is 1.40. The van der Waals surface area contributed by atoms with Gasteiger partial charge in [-0.25, -0.2) is 0 Å². The highest BCUT2D eigenvalue weighted by atomic mass is 32.2. The van der Waals surface area contributed by atoms with Crippen LogP contribution < -0.4 is 5.32 Å². The molecule has 1 atom stereocenters. The van der Waals surface area contributed by atoms with Crippen LogP contribution in [0, 0.1) is 6.92 Å². The molecule has 7 heteroatoms. The summed E-state index contributed by atoms with van der Waals surface area (Å²) in [5.41, 5.74) is 2.91. The molecule has 1 aromatic carbocycles. The molecule has 0 spiro atoms. The van der Waals surface area contributed by atoms with Crippen LogP contribution >= 0.6 is 11.8 Å². The van der Waals surface area contributed by atoms with Crippen molar-refractivity contribution in [3.63, 3.8) is 0 Å². The number of carbonyl (C=O) groups excluding carboxylic acids is 1. The van der Waals surface area contributed by atoms with Crippen LogP contribution in [-0.4, -0.2) is 30.9 Å². The molecule has 0 bridgehead atoms. The molecule has 3 rings (SSSR count). The number of anilines is 1. The zero-order chi connectivity index (χ0) is 18.5. The van der Waals surface area contributed by atoms with Gasteiger partial charge in [-0.3, -0.25) is 9.78 Å². The summed E-state index contributed by atoms with van der Waals surface area (Å²) in [6.07, 6.45) is 3.46. The number of nitrogens with zero attached hydrogens (tertiary/aromatic N) is 4. The van der Waals surface area contributed by atoms with Gasteiger partial charge in [-0.15, -0.1) is 10.2 Å². The first kappa shape index (κ1) is 18.1. The number of rotatable bonds is 6. The molecule has 0 unspecified atom stereocenters. The van der Waals surface area contributed by atoms with E-state index in [4.69, 9.17) is 0 Å². The summed E-state index contributed by atoms with van der Waals surface area (Å²) in [6, 6.07) is 11.6. The van der Waals surface area contributed by atoms with Gasteiger partial charge in [-0.2, -0.15) is 0 Å². The Kier molecular flexibility index (Phi) is 5.68. The van der Waals surface area contributed by atoms with Gasteiger partial charge >= 0.3 is 0 Å². The highest BCUT2D eigenvalue weighted by Crippen LogP contribution is 2.27. The lowest BCUT2D eigenvalue weighted by Crippen LogP contribution is -2.22. The maximum Gasteiger partial charge on any atom is 0.237 e. The monoisotopic (exact) mass is 367 g/mol. The molecule has 2 aromatic heterocycles. The minimum atomic E-state index is -0.295. The summed E-state index contributed by atoms with van der Waals surface area (Å²) in [7, 11) is 0. The zero-order valence-electron chi connectivity index (χ0n) is 15.0. The van der Waals surface area contributed by atoms with E-state index in [1.807, 2.05) is 61.7 Å². The van der Waals surface area contributed by atoms with Gasteiger partial charge in [0.15, 0.2) is 11.0 Å².